The van der Waals surface area contributed by atoms with Crippen molar-refractivity contribution in [3.63, 3.8) is 0 Å². The second-order valence-electron chi connectivity index (χ2n) is 4.59. The molecule has 0 saturated heterocycles. The zero-order valence-corrected chi connectivity index (χ0v) is 12.5. The summed E-state index contributed by atoms with van der Waals surface area (Å²) in [6, 6.07) is 7.33. The van der Waals surface area contributed by atoms with E-state index in [2.05, 4.69) is 15.9 Å². The van der Waals surface area contributed by atoms with Gasteiger partial charge in [0, 0.05) is 13.0 Å². The number of nitrogens with zero attached hydrogens (tertiary/aromatic N) is 1. The van der Waals surface area contributed by atoms with Gasteiger partial charge in [0.25, 0.3) is 0 Å². The Labute approximate surface area is 120 Å². The van der Waals surface area contributed by atoms with Gasteiger partial charge in [-0.3, -0.25) is 4.79 Å². The van der Waals surface area contributed by atoms with Crippen LogP contribution in [0.4, 0.5) is 0 Å². The van der Waals surface area contributed by atoms with Crippen molar-refractivity contribution in [3.8, 4) is 0 Å². The van der Waals surface area contributed by atoms with E-state index < -0.39 is 6.04 Å². The van der Waals surface area contributed by atoms with E-state index in [-0.39, 0.29) is 16.7 Å². The average Bonchev–Trinajstić information content (AvgIpc) is 2.44. The Morgan fingerprint density at radius 2 is 2.00 bits per heavy atom. The molecular weight excluding hydrogens is 310 g/mol. The van der Waals surface area contributed by atoms with Crippen molar-refractivity contribution in [2.24, 2.45) is 0 Å². The van der Waals surface area contributed by atoms with Crippen molar-refractivity contribution in [1.29, 1.82) is 0 Å². The molecule has 5 heteroatoms. The molecule has 0 saturated carbocycles. The summed E-state index contributed by atoms with van der Waals surface area (Å²) in [6.45, 7) is 2.21. The largest absolute Gasteiger partial charge is 0.467 e. The van der Waals surface area contributed by atoms with E-state index in [1.54, 1.807) is 11.8 Å². The molecule has 0 spiro atoms. The lowest BCUT2D eigenvalue weighted by molar-refractivity contribution is -0.153. The first-order valence-corrected chi connectivity index (χ1v) is 7.05. The van der Waals surface area contributed by atoms with Crippen LogP contribution in [0.25, 0.3) is 0 Å². The minimum absolute atomic E-state index is 0.0927. The highest BCUT2D eigenvalue weighted by atomic mass is 79.9. The van der Waals surface area contributed by atoms with Gasteiger partial charge in [0.2, 0.25) is 5.91 Å². The summed E-state index contributed by atoms with van der Waals surface area (Å²) < 4.78 is 4.82. The molecule has 0 fully saturated rings. The van der Waals surface area contributed by atoms with Gasteiger partial charge < -0.3 is 9.64 Å². The summed E-state index contributed by atoms with van der Waals surface area (Å²) in [5.74, 6) is -0.457. The number of benzene rings is 1. The molecule has 1 heterocycles. The highest BCUT2D eigenvalue weighted by Crippen LogP contribution is 2.25. The number of alkyl halides is 1. The Morgan fingerprint density at radius 3 is 2.58 bits per heavy atom. The van der Waals surface area contributed by atoms with E-state index >= 15 is 0 Å². The standard InChI is InChI=1S/C14H16BrNO3/c1-9(15)13(17)16-8-11-6-4-3-5-10(11)7-12(16)14(18)19-2/h3-6,9,12H,7-8H2,1-2H3. The van der Waals surface area contributed by atoms with Crippen molar-refractivity contribution < 1.29 is 14.3 Å². The third-order valence-corrected chi connectivity index (χ3v) is 3.74. The maximum absolute atomic E-state index is 12.2. The summed E-state index contributed by atoms with van der Waals surface area (Å²) in [5, 5.41) is 0. The molecule has 0 radical (unpaired) electrons. The van der Waals surface area contributed by atoms with Crippen molar-refractivity contribution in [3.05, 3.63) is 35.4 Å². The number of carbonyl (C=O) groups excluding carboxylic acids is 2. The van der Waals surface area contributed by atoms with Crippen molar-refractivity contribution in [2.75, 3.05) is 7.11 Å². The fraction of sp³-hybridized carbons (Fsp3) is 0.429. The number of halogens is 1. The van der Waals surface area contributed by atoms with Crippen LogP contribution in [0.15, 0.2) is 24.3 Å². The lowest BCUT2D eigenvalue weighted by atomic mass is 9.93. The van der Waals surface area contributed by atoms with E-state index in [9.17, 15) is 9.59 Å². The quantitative estimate of drug-likeness (QED) is 0.616. The topological polar surface area (TPSA) is 46.6 Å². The van der Waals surface area contributed by atoms with E-state index in [1.165, 1.54) is 7.11 Å². The lowest BCUT2D eigenvalue weighted by Gasteiger charge is -2.35. The van der Waals surface area contributed by atoms with E-state index in [1.807, 2.05) is 24.3 Å². The molecule has 0 bridgehead atoms. The molecule has 2 unspecified atom stereocenters. The average molecular weight is 326 g/mol. The molecule has 19 heavy (non-hydrogen) atoms. The van der Waals surface area contributed by atoms with Crippen molar-refractivity contribution >= 4 is 27.8 Å². The third kappa shape index (κ3) is 2.81. The molecule has 1 aliphatic heterocycles. The van der Waals surface area contributed by atoms with E-state index in [0.717, 1.165) is 11.1 Å². The van der Waals surface area contributed by atoms with Gasteiger partial charge in [0.05, 0.1) is 11.9 Å². The fourth-order valence-corrected chi connectivity index (χ4v) is 2.59. The molecule has 0 aliphatic carbocycles. The minimum Gasteiger partial charge on any atom is -0.467 e. The van der Waals surface area contributed by atoms with Gasteiger partial charge >= 0.3 is 5.97 Å². The summed E-state index contributed by atoms with van der Waals surface area (Å²) in [7, 11) is 1.35. The first-order valence-electron chi connectivity index (χ1n) is 6.13. The highest BCUT2D eigenvalue weighted by molar-refractivity contribution is 9.10. The normalized spacial score (nSPS) is 19.5. The van der Waals surface area contributed by atoms with Crippen LogP contribution in [0, 0.1) is 0 Å². The number of ether oxygens (including phenoxy) is 1. The van der Waals surface area contributed by atoms with Gasteiger partial charge in [-0.25, -0.2) is 4.79 Å². The van der Waals surface area contributed by atoms with Crippen LogP contribution in [-0.2, 0) is 27.3 Å². The first kappa shape index (κ1) is 14.1. The molecular formula is C14H16BrNO3. The van der Waals surface area contributed by atoms with Crippen LogP contribution in [0.5, 0.6) is 0 Å². The number of hydrogen-bond donors (Lipinski definition) is 0. The monoisotopic (exact) mass is 325 g/mol. The minimum atomic E-state index is -0.535. The molecule has 0 N–H and O–H groups in total. The van der Waals surface area contributed by atoms with Crippen LogP contribution in [0.2, 0.25) is 0 Å². The smallest absolute Gasteiger partial charge is 0.328 e. The molecule has 1 aromatic carbocycles. The molecule has 1 aliphatic rings. The molecule has 1 aromatic rings. The summed E-state index contributed by atoms with van der Waals surface area (Å²) in [6.07, 6.45) is 0.508. The predicted molar refractivity (Wildman–Crippen MR) is 74.9 cm³/mol. The highest BCUT2D eigenvalue weighted by Gasteiger charge is 2.36. The lowest BCUT2D eigenvalue weighted by Crippen LogP contribution is -2.50. The number of amides is 1. The Balaban J connectivity index is 2.34. The van der Waals surface area contributed by atoms with E-state index in [4.69, 9.17) is 4.74 Å². The van der Waals surface area contributed by atoms with Crippen LogP contribution < -0.4 is 0 Å². The van der Waals surface area contributed by atoms with Crippen LogP contribution in [0.1, 0.15) is 18.1 Å². The van der Waals surface area contributed by atoms with Crippen LogP contribution in [-0.4, -0.2) is 34.8 Å². The molecule has 102 valence electrons. The first-order chi connectivity index (χ1) is 9.04. The zero-order chi connectivity index (χ0) is 14.0. The number of hydrogen-bond acceptors (Lipinski definition) is 3. The predicted octanol–water partition coefficient (Wildman–Crippen LogP) is 1.90. The van der Waals surface area contributed by atoms with Gasteiger partial charge in [-0.15, -0.1) is 0 Å². The van der Waals surface area contributed by atoms with E-state index in [0.29, 0.717) is 13.0 Å². The maximum Gasteiger partial charge on any atom is 0.328 e. The zero-order valence-electron chi connectivity index (χ0n) is 10.9. The summed E-state index contributed by atoms with van der Waals surface area (Å²) >= 11 is 3.27. The molecule has 2 atom stereocenters. The number of carbonyl (C=O) groups is 2. The number of fused-ring (bicyclic) bond motifs is 1. The Kier molecular flexibility index (Phi) is 4.24. The summed E-state index contributed by atoms with van der Waals surface area (Å²) in [5.41, 5.74) is 2.19. The van der Waals surface area contributed by atoms with Gasteiger partial charge in [-0.2, -0.15) is 0 Å². The molecule has 0 aromatic heterocycles. The molecule has 4 nitrogen and oxygen atoms in total. The summed E-state index contributed by atoms with van der Waals surface area (Å²) in [4.78, 5) is 25.4. The van der Waals surface area contributed by atoms with Crippen molar-refractivity contribution in [1.82, 2.24) is 4.90 Å². The molecule has 2 rings (SSSR count). The van der Waals surface area contributed by atoms with Gasteiger partial charge in [-0.1, -0.05) is 40.2 Å². The van der Waals surface area contributed by atoms with Crippen LogP contribution >= 0.6 is 15.9 Å². The number of esters is 1. The third-order valence-electron chi connectivity index (χ3n) is 3.35. The van der Waals surface area contributed by atoms with Gasteiger partial charge in [0.15, 0.2) is 0 Å². The number of methoxy groups -OCH3 is 1. The molecule has 1 amide bonds. The Hall–Kier alpha value is -1.36. The Bertz CT molecular complexity index is 501. The number of rotatable bonds is 2. The van der Waals surface area contributed by atoms with Gasteiger partial charge in [0.1, 0.15) is 6.04 Å². The SMILES string of the molecule is COC(=O)C1Cc2ccccc2CN1C(=O)C(C)Br. The fourth-order valence-electron chi connectivity index (χ4n) is 2.33. The second-order valence-corrected chi connectivity index (χ2v) is 5.97. The Morgan fingerprint density at radius 1 is 1.37 bits per heavy atom. The maximum atomic E-state index is 12.2. The van der Waals surface area contributed by atoms with Crippen LogP contribution in [0.3, 0.4) is 0 Å². The van der Waals surface area contributed by atoms with Crippen molar-refractivity contribution in [2.45, 2.75) is 30.8 Å². The second kappa shape index (κ2) is 5.74. The van der Waals surface area contributed by atoms with Gasteiger partial charge in [-0.05, 0) is 18.1 Å².